The number of amides is 2. The fraction of sp³-hybridized carbons (Fsp3) is 0.421. The first-order chi connectivity index (χ1) is 13.0. The van der Waals surface area contributed by atoms with Crippen molar-refractivity contribution in [1.29, 1.82) is 0 Å². The summed E-state index contributed by atoms with van der Waals surface area (Å²) in [6.07, 6.45) is 2.87. The molecule has 0 aliphatic carbocycles. The highest BCUT2D eigenvalue weighted by molar-refractivity contribution is 6.36. The third kappa shape index (κ3) is 2.37. The maximum atomic E-state index is 12.0. The van der Waals surface area contributed by atoms with Crippen LogP contribution in [0, 0.1) is 6.92 Å². The highest BCUT2D eigenvalue weighted by atomic mass is 35.5. The molecule has 140 valence electrons. The van der Waals surface area contributed by atoms with Gasteiger partial charge in [0.2, 0.25) is 0 Å². The molecule has 1 saturated heterocycles. The van der Waals surface area contributed by atoms with E-state index >= 15 is 0 Å². The number of carbonyl (C=O) groups excluding carboxylic acids is 1. The zero-order valence-corrected chi connectivity index (χ0v) is 16.1. The molecule has 27 heavy (non-hydrogen) atoms. The van der Waals surface area contributed by atoms with Crippen LogP contribution in [-0.2, 0) is 12.0 Å². The lowest BCUT2D eigenvalue weighted by molar-refractivity contribution is 0.0925. The Kier molecular flexibility index (Phi) is 3.53. The zero-order valence-electron chi connectivity index (χ0n) is 15.3. The topological polar surface area (TPSA) is 78.8 Å². The van der Waals surface area contributed by atoms with Gasteiger partial charge >= 0.3 is 6.03 Å². The van der Waals surface area contributed by atoms with Gasteiger partial charge in [-0.3, -0.25) is 4.68 Å². The summed E-state index contributed by atoms with van der Waals surface area (Å²) in [6, 6.07) is 4.22. The van der Waals surface area contributed by atoms with E-state index in [9.17, 15) is 4.79 Å². The Morgan fingerprint density at radius 3 is 3.00 bits per heavy atom. The predicted molar refractivity (Wildman–Crippen MR) is 104 cm³/mol. The second-order valence-corrected chi connectivity index (χ2v) is 7.92. The average Bonchev–Trinajstić information content (AvgIpc) is 3.26. The monoisotopic (exact) mass is 384 g/mol. The van der Waals surface area contributed by atoms with Crippen molar-refractivity contribution in [3.05, 3.63) is 34.7 Å². The van der Waals surface area contributed by atoms with E-state index < -0.39 is 0 Å². The molecule has 0 aromatic carbocycles. The van der Waals surface area contributed by atoms with Crippen molar-refractivity contribution >= 4 is 28.7 Å². The number of aromatic amines is 1. The standard InChI is InChI=1S/C19H21ClN6O/c1-3-21-18(27)25-9-19(10-25)4-5-26-15(19)7-14(24-26)12-6-13-16(20)11(2)23-17(13)22-8-12/h6-8H,3-5,9-10H2,1-2H3,(H,21,27)(H,22,23). The molecule has 0 radical (unpaired) electrons. The van der Waals surface area contributed by atoms with Gasteiger partial charge in [0.05, 0.1) is 10.7 Å². The Morgan fingerprint density at radius 1 is 1.41 bits per heavy atom. The number of likely N-dealkylation sites (tertiary alicyclic amines) is 1. The summed E-state index contributed by atoms with van der Waals surface area (Å²) >= 11 is 6.38. The van der Waals surface area contributed by atoms with Gasteiger partial charge in [-0.2, -0.15) is 5.10 Å². The quantitative estimate of drug-likeness (QED) is 0.712. The molecule has 2 aliphatic heterocycles. The fourth-order valence-electron chi connectivity index (χ4n) is 4.32. The van der Waals surface area contributed by atoms with Gasteiger partial charge in [-0.05, 0) is 32.4 Å². The molecule has 8 heteroatoms. The molecule has 0 saturated carbocycles. The largest absolute Gasteiger partial charge is 0.342 e. The third-order valence-electron chi connectivity index (χ3n) is 5.78. The first-order valence-corrected chi connectivity index (χ1v) is 9.64. The molecule has 1 spiro atoms. The minimum absolute atomic E-state index is 0.0217. The van der Waals surface area contributed by atoms with Crippen LogP contribution in [0.5, 0.6) is 0 Å². The van der Waals surface area contributed by atoms with Crippen LogP contribution in [0.2, 0.25) is 5.02 Å². The first-order valence-electron chi connectivity index (χ1n) is 9.26. The summed E-state index contributed by atoms with van der Waals surface area (Å²) in [7, 11) is 0. The van der Waals surface area contributed by atoms with Crippen molar-refractivity contribution in [2.75, 3.05) is 19.6 Å². The van der Waals surface area contributed by atoms with Crippen molar-refractivity contribution < 1.29 is 4.79 Å². The summed E-state index contributed by atoms with van der Waals surface area (Å²) in [4.78, 5) is 21.6. The van der Waals surface area contributed by atoms with Crippen LogP contribution in [0.4, 0.5) is 4.79 Å². The molecule has 2 amide bonds. The van der Waals surface area contributed by atoms with E-state index in [0.717, 1.165) is 54.0 Å². The molecule has 0 bridgehead atoms. The van der Waals surface area contributed by atoms with Gasteiger partial charge in [-0.1, -0.05) is 11.6 Å². The van der Waals surface area contributed by atoms with Crippen molar-refractivity contribution in [3.63, 3.8) is 0 Å². The Labute approximate surface area is 161 Å². The number of H-pyrrole nitrogens is 1. The lowest BCUT2D eigenvalue weighted by Crippen LogP contribution is -2.62. The van der Waals surface area contributed by atoms with Crippen molar-refractivity contribution in [3.8, 4) is 11.3 Å². The molecular weight excluding hydrogens is 364 g/mol. The van der Waals surface area contributed by atoms with Gasteiger partial charge in [0.25, 0.3) is 0 Å². The predicted octanol–water partition coefficient (Wildman–Crippen LogP) is 3.07. The van der Waals surface area contributed by atoms with Crippen molar-refractivity contribution in [2.45, 2.75) is 32.2 Å². The smallest absolute Gasteiger partial charge is 0.317 e. The first kappa shape index (κ1) is 16.6. The molecule has 3 aromatic heterocycles. The molecule has 5 rings (SSSR count). The molecule has 0 unspecified atom stereocenters. The van der Waals surface area contributed by atoms with Gasteiger partial charge in [0, 0.05) is 60.1 Å². The van der Waals surface area contributed by atoms with Gasteiger partial charge in [0.1, 0.15) is 5.65 Å². The third-order valence-corrected chi connectivity index (χ3v) is 6.27. The van der Waals surface area contributed by atoms with Crippen LogP contribution in [-0.4, -0.2) is 50.3 Å². The van der Waals surface area contributed by atoms with Gasteiger partial charge in [-0.25, -0.2) is 9.78 Å². The van der Waals surface area contributed by atoms with Gasteiger partial charge < -0.3 is 15.2 Å². The molecule has 5 heterocycles. The lowest BCUT2D eigenvalue weighted by Gasteiger charge is -2.47. The Balaban J connectivity index is 1.45. The maximum Gasteiger partial charge on any atom is 0.317 e. The van der Waals surface area contributed by atoms with Crippen LogP contribution < -0.4 is 5.32 Å². The number of aryl methyl sites for hydroxylation is 2. The number of fused-ring (bicyclic) bond motifs is 3. The minimum atomic E-state index is 0.0217. The molecule has 7 nitrogen and oxygen atoms in total. The van der Waals surface area contributed by atoms with E-state index in [1.807, 2.05) is 31.0 Å². The van der Waals surface area contributed by atoms with E-state index in [4.69, 9.17) is 16.7 Å². The average molecular weight is 385 g/mol. The molecule has 2 aliphatic rings. The van der Waals surface area contributed by atoms with Crippen LogP contribution in [0.25, 0.3) is 22.3 Å². The van der Waals surface area contributed by atoms with Crippen LogP contribution in [0.15, 0.2) is 18.3 Å². The number of hydrogen-bond acceptors (Lipinski definition) is 3. The number of halogens is 1. The molecule has 2 N–H and O–H groups in total. The summed E-state index contributed by atoms with van der Waals surface area (Å²) in [5, 5.41) is 9.29. The van der Waals surface area contributed by atoms with Crippen LogP contribution >= 0.6 is 11.6 Å². The van der Waals surface area contributed by atoms with E-state index in [-0.39, 0.29) is 11.4 Å². The molecule has 1 fully saturated rings. The molecule has 3 aromatic rings. The van der Waals surface area contributed by atoms with Gasteiger partial charge in [-0.15, -0.1) is 0 Å². The number of urea groups is 1. The van der Waals surface area contributed by atoms with E-state index in [1.165, 1.54) is 5.69 Å². The number of nitrogens with one attached hydrogen (secondary N) is 2. The van der Waals surface area contributed by atoms with E-state index in [2.05, 4.69) is 26.0 Å². The van der Waals surface area contributed by atoms with Gasteiger partial charge in [0.15, 0.2) is 0 Å². The normalized spacial score (nSPS) is 17.4. The summed E-state index contributed by atoms with van der Waals surface area (Å²) in [5.41, 5.74) is 4.83. The number of nitrogens with zero attached hydrogens (tertiary/aromatic N) is 4. The number of hydrogen-bond donors (Lipinski definition) is 2. The van der Waals surface area contributed by atoms with Crippen LogP contribution in [0.1, 0.15) is 24.7 Å². The highest BCUT2D eigenvalue weighted by Crippen LogP contribution is 2.44. The number of pyridine rings is 1. The Hall–Kier alpha value is -2.54. The van der Waals surface area contributed by atoms with E-state index in [0.29, 0.717) is 11.6 Å². The summed E-state index contributed by atoms with van der Waals surface area (Å²) < 4.78 is 2.08. The van der Waals surface area contributed by atoms with Crippen LogP contribution in [0.3, 0.4) is 0 Å². The Morgan fingerprint density at radius 2 is 2.22 bits per heavy atom. The van der Waals surface area contributed by atoms with Crippen molar-refractivity contribution in [2.24, 2.45) is 0 Å². The number of aromatic nitrogens is 4. The minimum Gasteiger partial charge on any atom is -0.342 e. The lowest BCUT2D eigenvalue weighted by atomic mass is 9.76. The summed E-state index contributed by atoms with van der Waals surface area (Å²) in [6.45, 7) is 6.93. The van der Waals surface area contributed by atoms with Crippen molar-refractivity contribution in [1.82, 2.24) is 30.0 Å². The molecular formula is C19H21ClN6O. The number of rotatable bonds is 2. The SMILES string of the molecule is CCNC(=O)N1CC2(CCn3nc(-c4cnc5[nH]c(C)c(Cl)c5c4)cc32)C1. The summed E-state index contributed by atoms with van der Waals surface area (Å²) in [5.74, 6) is 0. The zero-order chi connectivity index (χ0) is 18.8. The maximum absolute atomic E-state index is 12.0. The van der Waals surface area contributed by atoms with E-state index in [1.54, 1.807) is 0 Å². The number of carbonyl (C=O) groups is 1. The second-order valence-electron chi connectivity index (χ2n) is 7.54. The highest BCUT2D eigenvalue weighted by Gasteiger charge is 2.51. The molecule has 0 atom stereocenters. The Bertz CT molecular complexity index is 1060. The fourth-order valence-corrected chi connectivity index (χ4v) is 4.51. The second kappa shape index (κ2) is 5.73.